The van der Waals surface area contributed by atoms with Gasteiger partial charge in [0.05, 0.1) is 5.54 Å². The van der Waals surface area contributed by atoms with Gasteiger partial charge in [0.1, 0.15) is 0 Å². The van der Waals surface area contributed by atoms with Crippen molar-refractivity contribution in [1.82, 2.24) is 10.2 Å². The standard InChI is InChI=1S/C16H33N3O/c1-6-19(11-12(2)3)14-8-7-9-16(10-14,15(17)20)18-13(4)5/h12-14,18H,6-11H2,1-5H3,(H2,17,20). The summed E-state index contributed by atoms with van der Waals surface area (Å²) in [4.78, 5) is 14.5. The lowest BCUT2D eigenvalue weighted by atomic mass is 9.77. The van der Waals surface area contributed by atoms with Crippen LogP contribution in [0.25, 0.3) is 0 Å². The minimum absolute atomic E-state index is 0.184. The fourth-order valence-corrected chi connectivity index (χ4v) is 3.54. The third-order valence-corrected chi connectivity index (χ3v) is 4.28. The predicted octanol–water partition coefficient (Wildman–Crippen LogP) is 2.13. The van der Waals surface area contributed by atoms with Crippen LogP contribution in [0.3, 0.4) is 0 Å². The number of carbonyl (C=O) groups excluding carboxylic acids is 1. The highest BCUT2D eigenvalue weighted by Crippen LogP contribution is 2.32. The largest absolute Gasteiger partial charge is 0.368 e. The molecule has 0 aromatic heterocycles. The lowest BCUT2D eigenvalue weighted by molar-refractivity contribution is -0.127. The van der Waals surface area contributed by atoms with Crippen LogP contribution in [0.15, 0.2) is 0 Å². The Kier molecular flexibility index (Phi) is 6.46. The molecule has 1 aliphatic rings. The van der Waals surface area contributed by atoms with E-state index in [0.717, 1.165) is 32.4 Å². The molecule has 0 heterocycles. The highest BCUT2D eigenvalue weighted by molar-refractivity contribution is 5.85. The molecule has 0 aromatic rings. The van der Waals surface area contributed by atoms with E-state index < -0.39 is 5.54 Å². The van der Waals surface area contributed by atoms with E-state index in [0.29, 0.717) is 12.0 Å². The van der Waals surface area contributed by atoms with Crippen LogP contribution in [0.2, 0.25) is 0 Å². The molecule has 118 valence electrons. The van der Waals surface area contributed by atoms with Crippen LogP contribution in [0.1, 0.15) is 60.3 Å². The van der Waals surface area contributed by atoms with Crippen molar-refractivity contribution >= 4 is 5.91 Å². The minimum atomic E-state index is -0.512. The molecule has 1 aliphatic carbocycles. The molecular weight excluding hydrogens is 250 g/mol. The van der Waals surface area contributed by atoms with Crippen molar-refractivity contribution in [2.45, 2.75) is 77.9 Å². The first-order valence-corrected chi connectivity index (χ1v) is 8.12. The molecule has 1 rings (SSSR count). The molecule has 3 N–H and O–H groups in total. The summed E-state index contributed by atoms with van der Waals surface area (Å²) in [6, 6.07) is 0.747. The van der Waals surface area contributed by atoms with Gasteiger partial charge >= 0.3 is 0 Å². The number of hydrogen-bond acceptors (Lipinski definition) is 3. The highest BCUT2D eigenvalue weighted by Gasteiger charge is 2.42. The van der Waals surface area contributed by atoms with Crippen molar-refractivity contribution in [2.24, 2.45) is 11.7 Å². The Balaban J connectivity index is 2.83. The fraction of sp³-hybridized carbons (Fsp3) is 0.938. The number of primary amides is 1. The maximum Gasteiger partial charge on any atom is 0.237 e. The predicted molar refractivity (Wildman–Crippen MR) is 84.5 cm³/mol. The first kappa shape index (κ1) is 17.4. The number of nitrogens with zero attached hydrogens (tertiary/aromatic N) is 1. The molecule has 1 saturated carbocycles. The second-order valence-corrected chi connectivity index (χ2v) is 6.98. The second kappa shape index (κ2) is 7.41. The molecule has 2 atom stereocenters. The maximum absolute atomic E-state index is 12.0. The molecule has 1 fully saturated rings. The van der Waals surface area contributed by atoms with Gasteiger partial charge in [-0.15, -0.1) is 0 Å². The van der Waals surface area contributed by atoms with E-state index in [2.05, 4.69) is 44.8 Å². The molecule has 0 radical (unpaired) electrons. The molecule has 0 aliphatic heterocycles. The summed E-state index contributed by atoms with van der Waals surface area (Å²) in [6.45, 7) is 13.0. The molecule has 2 unspecified atom stereocenters. The van der Waals surface area contributed by atoms with Crippen molar-refractivity contribution in [3.8, 4) is 0 Å². The fourth-order valence-electron chi connectivity index (χ4n) is 3.54. The Morgan fingerprint density at radius 3 is 2.50 bits per heavy atom. The van der Waals surface area contributed by atoms with E-state index in [1.54, 1.807) is 0 Å². The average molecular weight is 283 g/mol. The molecule has 4 heteroatoms. The quantitative estimate of drug-likeness (QED) is 0.752. The lowest BCUT2D eigenvalue weighted by Gasteiger charge is -2.44. The van der Waals surface area contributed by atoms with Crippen molar-refractivity contribution in [2.75, 3.05) is 13.1 Å². The Hall–Kier alpha value is -0.610. The minimum Gasteiger partial charge on any atom is -0.368 e. The van der Waals surface area contributed by atoms with Crippen molar-refractivity contribution < 1.29 is 4.79 Å². The Morgan fingerprint density at radius 2 is 2.05 bits per heavy atom. The van der Waals surface area contributed by atoms with Gasteiger partial charge in [-0.25, -0.2) is 0 Å². The lowest BCUT2D eigenvalue weighted by Crippen LogP contribution is -2.62. The first-order valence-electron chi connectivity index (χ1n) is 8.12. The van der Waals surface area contributed by atoms with Gasteiger partial charge in [0.25, 0.3) is 0 Å². The van der Waals surface area contributed by atoms with Gasteiger partial charge < -0.3 is 16.0 Å². The Bertz CT molecular complexity index is 317. The summed E-state index contributed by atoms with van der Waals surface area (Å²) in [5.74, 6) is 0.467. The Morgan fingerprint density at radius 1 is 1.40 bits per heavy atom. The van der Waals surface area contributed by atoms with Crippen molar-refractivity contribution in [1.29, 1.82) is 0 Å². The summed E-state index contributed by atoms with van der Waals surface area (Å²) in [5.41, 5.74) is 5.22. The molecule has 0 bridgehead atoms. The first-order chi connectivity index (χ1) is 9.30. The van der Waals surface area contributed by atoms with E-state index in [4.69, 9.17) is 5.73 Å². The Labute approximate surface area is 124 Å². The number of hydrogen-bond donors (Lipinski definition) is 2. The van der Waals surface area contributed by atoms with Crippen LogP contribution in [0.4, 0.5) is 0 Å². The van der Waals surface area contributed by atoms with Gasteiger partial charge in [-0.05, 0) is 52.0 Å². The number of amides is 1. The van der Waals surface area contributed by atoms with Crippen LogP contribution in [0.5, 0.6) is 0 Å². The van der Waals surface area contributed by atoms with Gasteiger partial charge in [-0.2, -0.15) is 0 Å². The van der Waals surface area contributed by atoms with Gasteiger partial charge in [0, 0.05) is 18.6 Å². The van der Waals surface area contributed by atoms with E-state index >= 15 is 0 Å². The van der Waals surface area contributed by atoms with Gasteiger partial charge in [0.2, 0.25) is 5.91 Å². The van der Waals surface area contributed by atoms with Crippen LogP contribution < -0.4 is 11.1 Å². The van der Waals surface area contributed by atoms with Crippen LogP contribution in [-0.2, 0) is 4.79 Å². The maximum atomic E-state index is 12.0. The molecule has 0 spiro atoms. The zero-order valence-corrected chi connectivity index (χ0v) is 13.9. The molecule has 20 heavy (non-hydrogen) atoms. The normalized spacial score (nSPS) is 27.5. The molecular formula is C16H33N3O. The molecule has 0 saturated heterocycles. The third kappa shape index (κ3) is 4.45. The van der Waals surface area contributed by atoms with Gasteiger partial charge in [-0.1, -0.05) is 20.8 Å². The van der Waals surface area contributed by atoms with Crippen LogP contribution in [-0.4, -0.2) is 41.5 Å². The van der Waals surface area contributed by atoms with Crippen molar-refractivity contribution in [3.63, 3.8) is 0 Å². The zero-order valence-electron chi connectivity index (χ0n) is 13.9. The average Bonchev–Trinajstić information content (AvgIpc) is 2.35. The van der Waals surface area contributed by atoms with E-state index in [9.17, 15) is 4.79 Å². The van der Waals surface area contributed by atoms with E-state index in [1.165, 1.54) is 6.42 Å². The number of rotatable bonds is 7. The van der Waals surface area contributed by atoms with Crippen LogP contribution >= 0.6 is 0 Å². The summed E-state index contributed by atoms with van der Waals surface area (Å²) in [7, 11) is 0. The molecule has 0 aromatic carbocycles. The van der Waals surface area contributed by atoms with Crippen molar-refractivity contribution in [3.05, 3.63) is 0 Å². The van der Waals surface area contributed by atoms with Gasteiger partial charge in [0.15, 0.2) is 0 Å². The van der Waals surface area contributed by atoms with E-state index in [-0.39, 0.29) is 11.9 Å². The summed E-state index contributed by atoms with van der Waals surface area (Å²) in [5, 5.41) is 3.46. The SMILES string of the molecule is CCN(CC(C)C)C1CCCC(NC(C)C)(C(N)=O)C1. The second-order valence-electron chi connectivity index (χ2n) is 6.98. The zero-order chi connectivity index (χ0) is 15.3. The molecule has 1 amide bonds. The highest BCUT2D eigenvalue weighted by atomic mass is 16.1. The topological polar surface area (TPSA) is 58.4 Å². The number of nitrogens with two attached hydrogens (primary N) is 1. The summed E-state index contributed by atoms with van der Waals surface area (Å²) in [6.07, 6.45) is 3.97. The summed E-state index contributed by atoms with van der Waals surface area (Å²) < 4.78 is 0. The van der Waals surface area contributed by atoms with Gasteiger partial charge in [-0.3, -0.25) is 4.79 Å². The monoisotopic (exact) mass is 283 g/mol. The summed E-state index contributed by atoms with van der Waals surface area (Å²) >= 11 is 0. The molecule has 4 nitrogen and oxygen atoms in total. The van der Waals surface area contributed by atoms with E-state index in [1.807, 2.05) is 0 Å². The number of carbonyl (C=O) groups is 1. The van der Waals surface area contributed by atoms with Crippen LogP contribution in [0, 0.1) is 5.92 Å². The smallest absolute Gasteiger partial charge is 0.237 e. The number of nitrogens with one attached hydrogen (secondary N) is 1. The third-order valence-electron chi connectivity index (χ3n) is 4.28.